The fourth-order valence-corrected chi connectivity index (χ4v) is 4.88. The third-order valence-corrected chi connectivity index (χ3v) is 6.05. The highest BCUT2D eigenvalue weighted by molar-refractivity contribution is 7.18. The van der Waals surface area contributed by atoms with Crippen LogP contribution in [0.25, 0.3) is 10.2 Å². The molecule has 25 heavy (non-hydrogen) atoms. The van der Waals surface area contributed by atoms with Gasteiger partial charge < -0.3 is 4.98 Å². The molecule has 130 valence electrons. The molecule has 2 heterocycles. The van der Waals surface area contributed by atoms with Crippen LogP contribution >= 0.6 is 11.3 Å². The molecule has 0 amide bonds. The molecule has 1 aliphatic carbocycles. The predicted octanol–water partition coefficient (Wildman–Crippen LogP) is 3.80. The summed E-state index contributed by atoms with van der Waals surface area (Å²) in [5.74, 6) is 0.755. The summed E-state index contributed by atoms with van der Waals surface area (Å²) in [6.45, 7) is 3.57. The highest BCUT2D eigenvalue weighted by Crippen LogP contribution is 2.33. The lowest BCUT2D eigenvalue weighted by atomic mass is 9.97. The van der Waals surface area contributed by atoms with E-state index < -0.39 is 0 Å². The molecule has 0 aliphatic heterocycles. The topological polar surface area (TPSA) is 49.0 Å². The normalized spacial score (nSPS) is 14.2. The second-order valence-corrected chi connectivity index (χ2v) is 8.15. The summed E-state index contributed by atoms with van der Waals surface area (Å²) < 4.78 is 0. The minimum Gasteiger partial charge on any atom is -0.309 e. The maximum atomic E-state index is 12.6. The summed E-state index contributed by atoms with van der Waals surface area (Å²) in [5.41, 5.74) is 3.82. The van der Waals surface area contributed by atoms with Gasteiger partial charge in [0, 0.05) is 11.4 Å². The predicted molar refractivity (Wildman–Crippen MR) is 103 cm³/mol. The maximum Gasteiger partial charge on any atom is 0.259 e. The Kier molecular flexibility index (Phi) is 4.44. The van der Waals surface area contributed by atoms with Crippen LogP contribution in [0.5, 0.6) is 0 Å². The van der Waals surface area contributed by atoms with Crippen molar-refractivity contribution in [2.75, 3.05) is 7.05 Å². The van der Waals surface area contributed by atoms with E-state index in [0.29, 0.717) is 6.54 Å². The quantitative estimate of drug-likeness (QED) is 0.776. The third kappa shape index (κ3) is 3.39. The van der Waals surface area contributed by atoms with E-state index in [0.717, 1.165) is 35.4 Å². The average Bonchev–Trinajstić information content (AvgIpc) is 2.95. The molecule has 1 aliphatic rings. The van der Waals surface area contributed by atoms with Crippen LogP contribution in [0, 0.1) is 6.92 Å². The molecule has 4 nitrogen and oxygen atoms in total. The number of nitrogens with one attached hydrogen (secondary N) is 1. The first kappa shape index (κ1) is 16.5. The van der Waals surface area contributed by atoms with Gasteiger partial charge in [0.15, 0.2) is 0 Å². The van der Waals surface area contributed by atoms with Crippen molar-refractivity contribution in [3.63, 3.8) is 0 Å². The standard InChI is InChI=1S/C20H23N3OS/c1-13-7-9-14(10-8-13)11-23(2)12-17-21-19(24)18-15-5-3-4-6-16(15)25-20(18)22-17/h7-10H,3-6,11-12H2,1-2H3,(H,21,22,24). The molecule has 0 atom stereocenters. The zero-order valence-electron chi connectivity index (χ0n) is 14.8. The van der Waals surface area contributed by atoms with Gasteiger partial charge in [-0.2, -0.15) is 0 Å². The lowest BCUT2D eigenvalue weighted by Crippen LogP contribution is -2.21. The molecular formula is C20H23N3OS. The smallest absolute Gasteiger partial charge is 0.259 e. The van der Waals surface area contributed by atoms with Crippen molar-refractivity contribution in [3.8, 4) is 0 Å². The van der Waals surface area contributed by atoms with E-state index in [2.05, 4.69) is 48.1 Å². The molecule has 0 saturated heterocycles. The van der Waals surface area contributed by atoms with Gasteiger partial charge in [0.05, 0.1) is 11.9 Å². The average molecular weight is 353 g/mol. The fourth-order valence-electron chi connectivity index (χ4n) is 3.60. The van der Waals surface area contributed by atoms with Crippen LogP contribution in [0.3, 0.4) is 0 Å². The zero-order valence-corrected chi connectivity index (χ0v) is 15.6. The Morgan fingerprint density at radius 1 is 1.16 bits per heavy atom. The van der Waals surface area contributed by atoms with Crippen LogP contribution < -0.4 is 5.56 Å². The molecule has 0 radical (unpaired) electrons. The van der Waals surface area contributed by atoms with Gasteiger partial charge >= 0.3 is 0 Å². The van der Waals surface area contributed by atoms with Crippen LogP contribution in [0.4, 0.5) is 0 Å². The van der Waals surface area contributed by atoms with Gasteiger partial charge in [0.25, 0.3) is 5.56 Å². The molecule has 4 rings (SSSR count). The van der Waals surface area contributed by atoms with E-state index in [-0.39, 0.29) is 5.56 Å². The largest absolute Gasteiger partial charge is 0.309 e. The van der Waals surface area contributed by atoms with Crippen molar-refractivity contribution in [1.82, 2.24) is 14.9 Å². The van der Waals surface area contributed by atoms with Gasteiger partial charge in [-0.3, -0.25) is 9.69 Å². The Balaban J connectivity index is 1.57. The van der Waals surface area contributed by atoms with Gasteiger partial charge in [-0.25, -0.2) is 4.98 Å². The van der Waals surface area contributed by atoms with E-state index in [4.69, 9.17) is 4.98 Å². The van der Waals surface area contributed by atoms with Crippen LogP contribution in [-0.2, 0) is 25.9 Å². The minimum atomic E-state index is 0.0307. The van der Waals surface area contributed by atoms with Crippen LogP contribution in [0.15, 0.2) is 29.1 Å². The van der Waals surface area contributed by atoms with E-state index in [1.54, 1.807) is 11.3 Å². The van der Waals surface area contributed by atoms with Crippen molar-refractivity contribution in [2.24, 2.45) is 0 Å². The Morgan fingerprint density at radius 2 is 1.92 bits per heavy atom. The number of hydrogen-bond donors (Lipinski definition) is 1. The lowest BCUT2D eigenvalue weighted by molar-refractivity contribution is 0.311. The number of rotatable bonds is 4. The molecule has 0 bridgehead atoms. The highest BCUT2D eigenvalue weighted by atomic mass is 32.1. The second kappa shape index (κ2) is 6.73. The SMILES string of the molecule is Cc1ccc(CN(C)Cc2nc3sc4c(c3c(=O)[nH]2)CCCC4)cc1. The molecule has 0 unspecified atom stereocenters. The van der Waals surface area contributed by atoms with Crippen molar-refractivity contribution in [3.05, 3.63) is 62.0 Å². The number of aromatic amines is 1. The Hall–Kier alpha value is -1.98. The minimum absolute atomic E-state index is 0.0307. The summed E-state index contributed by atoms with van der Waals surface area (Å²) in [7, 11) is 2.06. The summed E-state index contributed by atoms with van der Waals surface area (Å²) in [6.07, 6.45) is 4.52. The molecule has 2 aromatic heterocycles. The summed E-state index contributed by atoms with van der Waals surface area (Å²) in [4.78, 5) is 24.8. The highest BCUT2D eigenvalue weighted by Gasteiger charge is 2.19. The van der Waals surface area contributed by atoms with Gasteiger partial charge in [0.2, 0.25) is 0 Å². The maximum absolute atomic E-state index is 12.6. The lowest BCUT2D eigenvalue weighted by Gasteiger charge is -2.16. The summed E-state index contributed by atoms with van der Waals surface area (Å²) in [6, 6.07) is 8.56. The molecule has 3 aromatic rings. The number of aromatic nitrogens is 2. The van der Waals surface area contributed by atoms with Crippen LogP contribution in [-0.4, -0.2) is 21.9 Å². The number of benzene rings is 1. The van der Waals surface area contributed by atoms with E-state index in [9.17, 15) is 4.79 Å². The first-order valence-corrected chi connectivity index (χ1v) is 9.69. The summed E-state index contributed by atoms with van der Waals surface area (Å²) >= 11 is 1.71. The summed E-state index contributed by atoms with van der Waals surface area (Å²) in [5, 5.41) is 0.838. The molecule has 0 fully saturated rings. The molecule has 1 aromatic carbocycles. The Labute approximate surface area is 151 Å². The van der Waals surface area contributed by atoms with E-state index in [1.807, 2.05) is 0 Å². The number of nitrogens with zero attached hydrogens (tertiary/aromatic N) is 2. The Morgan fingerprint density at radius 3 is 2.72 bits per heavy atom. The van der Waals surface area contributed by atoms with Gasteiger partial charge in [-0.15, -0.1) is 11.3 Å². The van der Waals surface area contributed by atoms with Crippen molar-refractivity contribution >= 4 is 21.6 Å². The van der Waals surface area contributed by atoms with Gasteiger partial charge in [0.1, 0.15) is 10.7 Å². The van der Waals surface area contributed by atoms with E-state index in [1.165, 1.54) is 34.4 Å². The monoisotopic (exact) mass is 353 g/mol. The molecule has 0 spiro atoms. The first-order valence-electron chi connectivity index (χ1n) is 8.87. The molecule has 5 heteroatoms. The molecule has 1 N–H and O–H groups in total. The second-order valence-electron chi connectivity index (χ2n) is 7.06. The number of H-pyrrole nitrogens is 1. The first-order chi connectivity index (χ1) is 12.1. The third-order valence-electron chi connectivity index (χ3n) is 4.87. The van der Waals surface area contributed by atoms with Gasteiger partial charge in [-0.1, -0.05) is 29.8 Å². The van der Waals surface area contributed by atoms with Crippen molar-refractivity contribution in [2.45, 2.75) is 45.7 Å². The fraction of sp³-hybridized carbons (Fsp3) is 0.400. The van der Waals surface area contributed by atoms with E-state index >= 15 is 0 Å². The van der Waals surface area contributed by atoms with Crippen LogP contribution in [0.2, 0.25) is 0 Å². The number of thiophene rings is 1. The number of aryl methyl sites for hydroxylation is 3. The molecular weight excluding hydrogens is 330 g/mol. The molecule has 0 saturated carbocycles. The number of hydrogen-bond acceptors (Lipinski definition) is 4. The van der Waals surface area contributed by atoms with Gasteiger partial charge in [-0.05, 0) is 50.8 Å². The van der Waals surface area contributed by atoms with Crippen molar-refractivity contribution in [1.29, 1.82) is 0 Å². The number of fused-ring (bicyclic) bond motifs is 3. The van der Waals surface area contributed by atoms with Crippen molar-refractivity contribution < 1.29 is 0 Å². The zero-order chi connectivity index (χ0) is 17.4. The Bertz CT molecular complexity index is 955. The van der Waals surface area contributed by atoms with Crippen LogP contribution in [0.1, 0.15) is 40.2 Å².